The van der Waals surface area contributed by atoms with Crippen LogP contribution in [0, 0.1) is 0 Å². The van der Waals surface area contributed by atoms with Gasteiger partial charge in [0.1, 0.15) is 0 Å². The zero-order chi connectivity index (χ0) is 54.3. The van der Waals surface area contributed by atoms with Gasteiger partial charge in [0.2, 0.25) is 0 Å². The zero-order valence-electron chi connectivity index (χ0n) is 45.2. The van der Waals surface area contributed by atoms with Crippen LogP contribution in [0.4, 0.5) is 0 Å². The Morgan fingerprint density at radius 1 is 0.110 bits per heavy atom. The molecule has 0 aliphatic rings. The molecule has 0 N–H and O–H groups in total. The minimum Gasteiger partial charge on any atom is -0.0622 e. The molecule has 0 bridgehead atoms. The minimum absolute atomic E-state index is 1.17. The van der Waals surface area contributed by atoms with Gasteiger partial charge in [-0.2, -0.15) is 0 Å². The second kappa shape index (κ2) is 20.9. The third kappa shape index (κ3) is 8.66. The van der Waals surface area contributed by atoms with E-state index >= 15 is 0 Å². The van der Waals surface area contributed by atoms with E-state index in [-0.39, 0.29) is 0 Å². The van der Waals surface area contributed by atoms with Gasteiger partial charge < -0.3 is 0 Å². The van der Waals surface area contributed by atoms with Crippen LogP contribution in [-0.4, -0.2) is 0 Å². The molecule has 0 fully saturated rings. The monoisotopic (exact) mass is 1040 g/mol. The fraction of sp³-hybridized carbons (Fsp3) is 0. The standard InChI is InChI=1S/C82H54/c1-4-20-55(21-5-1)57-40-46-63(47-41-57)78-54-66(52-53-77(78)82-75-34-18-14-30-71(75)80(72-31-15-19-35-76(72)82)64-48-42-58(43-49-64)56-22-6-2-7-23-56)61-38-36-59(37-39-61)60-44-50-65(51-45-60)79-69-28-12-16-32-73(69)81(74-33-17-13-29-70(74)79)68-27-11-10-26-67(68)62-24-8-3-9-25-62/h1-54H. The Labute approximate surface area is 479 Å². The van der Waals surface area contributed by atoms with Crippen molar-refractivity contribution in [3.05, 3.63) is 328 Å². The Morgan fingerprint density at radius 3 is 0.695 bits per heavy atom. The van der Waals surface area contributed by atoms with Gasteiger partial charge in [-0.1, -0.05) is 322 Å². The summed E-state index contributed by atoms with van der Waals surface area (Å²) >= 11 is 0. The van der Waals surface area contributed by atoms with Crippen molar-refractivity contribution in [1.82, 2.24) is 0 Å². The molecule has 0 atom stereocenters. The van der Waals surface area contributed by atoms with E-state index < -0.39 is 0 Å². The highest BCUT2D eigenvalue weighted by molar-refractivity contribution is 6.24. The van der Waals surface area contributed by atoms with Crippen LogP contribution in [0.1, 0.15) is 0 Å². The first-order valence-corrected chi connectivity index (χ1v) is 28.4. The summed E-state index contributed by atoms with van der Waals surface area (Å²) in [6, 6.07) is 120. The summed E-state index contributed by atoms with van der Waals surface area (Å²) in [5.74, 6) is 0. The largest absolute Gasteiger partial charge is 0.0622 e. The van der Waals surface area contributed by atoms with Crippen molar-refractivity contribution in [3.8, 4) is 111 Å². The smallest absolute Gasteiger partial charge is 0.00201 e. The van der Waals surface area contributed by atoms with Crippen LogP contribution in [0.25, 0.3) is 154 Å². The first-order valence-electron chi connectivity index (χ1n) is 28.4. The van der Waals surface area contributed by atoms with Crippen molar-refractivity contribution >= 4 is 43.1 Å². The predicted octanol–water partition coefficient (Wildman–Crippen LogP) is 23.0. The first-order chi connectivity index (χ1) is 40.7. The Balaban J connectivity index is 0.813. The molecule has 15 aromatic rings. The van der Waals surface area contributed by atoms with Crippen LogP contribution < -0.4 is 0 Å². The molecule has 0 amide bonds. The van der Waals surface area contributed by atoms with Crippen LogP contribution in [0.3, 0.4) is 0 Å². The molecule has 0 radical (unpaired) electrons. The lowest BCUT2D eigenvalue weighted by molar-refractivity contribution is 1.56. The summed E-state index contributed by atoms with van der Waals surface area (Å²) in [5, 5.41) is 9.94. The van der Waals surface area contributed by atoms with Crippen LogP contribution >= 0.6 is 0 Å². The minimum atomic E-state index is 1.17. The van der Waals surface area contributed by atoms with Gasteiger partial charge in [-0.05, 0) is 160 Å². The molecular formula is C82H54. The van der Waals surface area contributed by atoms with E-state index in [0.29, 0.717) is 0 Å². The van der Waals surface area contributed by atoms with E-state index in [0.717, 1.165) is 0 Å². The fourth-order valence-corrected chi connectivity index (χ4v) is 12.8. The highest BCUT2D eigenvalue weighted by atomic mass is 14.2. The van der Waals surface area contributed by atoms with Crippen molar-refractivity contribution in [1.29, 1.82) is 0 Å². The summed E-state index contributed by atoms with van der Waals surface area (Å²) in [6.07, 6.45) is 0. The molecule has 382 valence electrons. The maximum atomic E-state index is 2.41. The summed E-state index contributed by atoms with van der Waals surface area (Å²) in [6.45, 7) is 0. The van der Waals surface area contributed by atoms with Crippen LogP contribution in [-0.2, 0) is 0 Å². The molecule has 0 saturated heterocycles. The topological polar surface area (TPSA) is 0 Å². The summed E-state index contributed by atoms with van der Waals surface area (Å²) in [4.78, 5) is 0. The van der Waals surface area contributed by atoms with Gasteiger partial charge in [-0.3, -0.25) is 0 Å². The lowest BCUT2D eigenvalue weighted by Crippen LogP contribution is -1.94. The second-order valence-electron chi connectivity index (χ2n) is 21.4. The molecule has 82 heavy (non-hydrogen) atoms. The number of rotatable bonds is 10. The Kier molecular flexibility index (Phi) is 12.3. The summed E-state index contributed by atoms with van der Waals surface area (Å²) in [5.41, 5.74) is 24.2. The number of hydrogen-bond acceptors (Lipinski definition) is 0. The van der Waals surface area contributed by atoms with Gasteiger partial charge in [0.15, 0.2) is 0 Å². The maximum Gasteiger partial charge on any atom is -0.00201 e. The van der Waals surface area contributed by atoms with E-state index in [9.17, 15) is 0 Å². The molecule has 0 aromatic heterocycles. The zero-order valence-corrected chi connectivity index (χ0v) is 45.2. The molecular weight excluding hydrogens is 985 g/mol. The average molecular weight is 1040 g/mol. The van der Waals surface area contributed by atoms with E-state index in [2.05, 4.69) is 328 Å². The van der Waals surface area contributed by atoms with Gasteiger partial charge in [0.05, 0.1) is 0 Å². The Morgan fingerprint density at radius 2 is 0.329 bits per heavy atom. The van der Waals surface area contributed by atoms with Crippen molar-refractivity contribution in [2.75, 3.05) is 0 Å². The molecule has 0 heteroatoms. The molecule has 0 nitrogen and oxygen atoms in total. The summed E-state index contributed by atoms with van der Waals surface area (Å²) < 4.78 is 0. The van der Waals surface area contributed by atoms with Crippen molar-refractivity contribution in [2.24, 2.45) is 0 Å². The highest BCUT2D eigenvalue weighted by Gasteiger charge is 2.22. The number of fused-ring (bicyclic) bond motifs is 4. The van der Waals surface area contributed by atoms with Gasteiger partial charge in [-0.15, -0.1) is 0 Å². The SMILES string of the molecule is c1ccc(-c2ccc(-c3cc(-c4ccc(-c5ccc(-c6c7ccccc7c(-c7ccccc7-c7ccccc7)c7ccccc67)cc5)cc4)ccc3-c3c4ccccc4c(-c4ccc(-c5ccccc5)cc4)c4ccccc34)cc2)cc1. The quantitative estimate of drug-likeness (QED) is 0.120. The molecule has 0 aliphatic heterocycles. The average Bonchev–Trinajstić information content (AvgIpc) is 2.44. The van der Waals surface area contributed by atoms with Gasteiger partial charge in [0, 0.05) is 0 Å². The third-order valence-corrected chi connectivity index (χ3v) is 16.7. The third-order valence-electron chi connectivity index (χ3n) is 16.7. The van der Waals surface area contributed by atoms with Crippen molar-refractivity contribution < 1.29 is 0 Å². The second-order valence-corrected chi connectivity index (χ2v) is 21.4. The van der Waals surface area contributed by atoms with E-state index in [1.165, 1.54) is 154 Å². The summed E-state index contributed by atoms with van der Waals surface area (Å²) in [7, 11) is 0. The number of benzene rings is 15. The van der Waals surface area contributed by atoms with Crippen molar-refractivity contribution in [3.63, 3.8) is 0 Å². The molecule has 0 aliphatic carbocycles. The number of hydrogen-bond donors (Lipinski definition) is 0. The molecule has 15 aromatic carbocycles. The Bertz CT molecular complexity index is 4710. The maximum absolute atomic E-state index is 2.41. The normalized spacial score (nSPS) is 11.4. The Hall–Kier alpha value is -10.7. The molecule has 0 heterocycles. The first kappa shape index (κ1) is 48.5. The molecule has 0 unspecified atom stereocenters. The van der Waals surface area contributed by atoms with Gasteiger partial charge >= 0.3 is 0 Å². The predicted molar refractivity (Wildman–Crippen MR) is 351 cm³/mol. The van der Waals surface area contributed by atoms with Crippen LogP contribution in [0.15, 0.2) is 328 Å². The van der Waals surface area contributed by atoms with Gasteiger partial charge in [-0.25, -0.2) is 0 Å². The van der Waals surface area contributed by atoms with E-state index in [4.69, 9.17) is 0 Å². The molecule has 15 rings (SSSR count). The lowest BCUT2D eigenvalue weighted by Gasteiger charge is -2.21. The molecule has 0 saturated carbocycles. The van der Waals surface area contributed by atoms with Crippen LogP contribution in [0.2, 0.25) is 0 Å². The van der Waals surface area contributed by atoms with E-state index in [1.807, 2.05) is 0 Å². The van der Waals surface area contributed by atoms with Crippen LogP contribution in [0.5, 0.6) is 0 Å². The van der Waals surface area contributed by atoms with E-state index in [1.54, 1.807) is 0 Å². The van der Waals surface area contributed by atoms with Gasteiger partial charge in [0.25, 0.3) is 0 Å². The fourth-order valence-electron chi connectivity index (χ4n) is 12.8. The lowest BCUT2D eigenvalue weighted by atomic mass is 9.82. The van der Waals surface area contributed by atoms with Crippen molar-refractivity contribution in [2.45, 2.75) is 0 Å². The molecule has 0 spiro atoms. The highest BCUT2D eigenvalue weighted by Crippen LogP contribution is 2.49.